The van der Waals surface area contributed by atoms with Gasteiger partial charge in [-0.25, -0.2) is 0 Å². The standard InChI is InChI=1S/C14H20BrNO2/c1-14(2,3)18-13(17)9-8-12(16)10-4-6-11(15)7-5-10/h4-7,12H,8-9,16H2,1-3H3. The predicted molar refractivity (Wildman–Crippen MR) is 76.1 cm³/mol. The van der Waals surface area contributed by atoms with Crippen LogP contribution in [0.4, 0.5) is 0 Å². The van der Waals surface area contributed by atoms with Crippen LogP contribution in [0.1, 0.15) is 45.2 Å². The van der Waals surface area contributed by atoms with Crippen molar-refractivity contribution in [3.63, 3.8) is 0 Å². The van der Waals surface area contributed by atoms with E-state index >= 15 is 0 Å². The van der Waals surface area contributed by atoms with Crippen LogP contribution in [0.2, 0.25) is 0 Å². The molecule has 0 saturated carbocycles. The van der Waals surface area contributed by atoms with Gasteiger partial charge in [-0.3, -0.25) is 4.79 Å². The Balaban J connectivity index is 2.44. The van der Waals surface area contributed by atoms with E-state index < -0.39 is 5.60 Å². The Kier molecular flexibility index (Phi) is 5.35. The first-order chi connectivity index (χ1) is 8.28. The Morgan fingerprint density at radius 1 is 1.33 bits per heavy atom. The molecule has 0 fully saturated rings. The second-order valence-electron chi connectivity index (χ2n) is 5.28. The van der Waals surface area contributed by atoms with Crippen molar-refractivity contribution in [2.75, 3.05) is 0 Å². The van der Waals surface area contributed by atoms with E-state index in [1.54, 1.807) is 0 Å². The maximum atomic E-state index is 11.6. The van der Waals surface area contributed by atoms with E-state index in [2.05, 4.69) is 15.9 Å². The number of hydrogen-bond donors (Lipinski definition) is 1. The molecular weight excluding hydrogens is 294 g/mol. The van der Waals surface area contributed by atoms with Gasteiger partial charge in [-0.2, -0.15) is 0 Å². The Hall–Kier alpha value is -0.870. The van der Waals surface area contributed by atoms with Crippen LogP contribution in [0.3, 0.4) is 0 Å². The number of rotatable bonds is 4. The number of esters is 1. The van der Waals surface area contributed by atoms with Gasteiger partial charge in [-0.15, -0.1) is 0 Å². The first-order valence-corrected chi connectivity index (χ1v) is 6.80. The highest BCUT2D eigenvalue weighted by molar-refractivity contribution is 9.10. The third-order valence-corrected chi connectivity index (χ3v) is 2.91. The Labute approximate surface area is 117 Å². The molecule has 1 atom stereocenters. The quantitative estimate of drug-likeness (QED) is 0.864. The predicted octanol–water partition coefficient (Wildman–Crippen LogP) is 3.57. The molecule has 4 heteroatoms. The van der Waals surface area contributed by atoms with E-state index in [1.807, 2.05) is 45.0 Å². The zero-order chi connectivity index (χ0) is 13.8. The third-order valence-electron chi connectivity index (χ3n) is 2.38. The maximum Gasteiger partial charge on any atom is 0.306 e. The zero-order valence-electron chi connectivity index (χ0n) is 11.1. The summed E-state index contributed by atoms with van der Waals surface area (Å²) in [5, 5.41) is 0. The van der Waals surface area contributed by atoms with Crippen LogP contribution in [0.15, 0.2) is 28.7 Å². The molecule has 0 spiro atoms. The number of benzene rings is 1. The average Bonchev–Trinajstić information content (AvgIpc) is 2.24. The molecule has 0 amide bonds. The molecule has 1 unspecified atom stereocenters. The fourth-order valence-electron chi connectivity index (χ4n) is 1.54. The van der Waals surface area contributed by atoms with Gasteiger partial charge in [0.1, 0.15) is 5.60 Å². The van der Waals surface area contributed by atoms with Crippen LogP contribution in [0.5, 0.6) is 0 Å². The molecule has 2 N–H and O–H groups in total. The number of ether oxygens (including phenoxy) is 1. The van der Waals surface area contributed by atoms with Gasteiger partial charge in [0.25, 0.3) is 0 Å². The number of halogens is 1. The summed E-state index contributed by atoms with van der Waals surface area (Å²) in [5.74, 6) is -0.199. The first-order valence-electron chi connectivity index (χ1n) is 6.01. The Bertz CT molecular complexity index is 395. The van der Waals surface area contributed by atoms with Crippen molar-refractivity contribution in [2.24, 2.45) is 5.73 Å². The van der Waals surface area contributed by atoms with E-state index in [4.69, 9.17) is 10.5 Å². The maximum absolute atomic E-state index is 11.6. The summed E-state index contributed by atoms with van der Waals surface area (Å²) < 4.78 is 6.26. The fourth-order valence-corrected chi connectivity index (χ4v) is 1.81. The highest BCUT2D eigenvalue weighted by Crippen LogP contribution is 2.19. The minimum Gasteiger partial charge on any atom is -0.460 e. The molecule has 3 nitrogen and oxygen atoms in total. The second-order valence-corrected chi connectivity index (χ2v) is 6.20. The summed E-state index contributed by atoms with van der Waals surface area (Å²) in [6, 6.07) is 7.68. The number of hydrogen-bond acceptors (Lipinski definition) is 3. The minimum atomic E-state index is -0.432. The second kappa shape index (κ2) is 6.34. The van der Waals surface area contributed by atoms with Gasteiger partial charge in [0, 0.05) is 16.9 Å². The van der Waals surface area contributed by atoms with Crippen molar-refractivity contribution in [2.45, 2.75) is 45.3 Å². The largest absolute Gasteiger partial charge is 0.460 e. The smallest absolute Gasteiger partial charge is 0.306 e. The molecule has 0 aliphatic heterocycles. The van der Waals surface area contributed by atoms with Gasteiger partial charge in [-0.05, 0) is 44.9 Å². The molecule has 1 aromatic carbocycles. The fraction of sp³-hybridized carbons (Fsp3) is 0.500. The normalized spacial score (nSPS) is 13.2. The lowest BCUT2D eigenvalue weighted by atomic mass is 10.0. The van der Waals surface area contributed by atoms with Gasteiger partial charge < -0.3 is 10.5 Å². The van der Waals surface area contributed by atoms with Crippen molar-refractivity contribution in [3.05, 3.63) is 34.3 Å². The molecule has 1 rings (SSSR count). The van der Waals surface area contributed by atoms with E-state index in [0.717, 1.165) is 10.0 Å². The molecule has 100 valence electrons. The lowest BCUT2D eigenvalue weighted by molar-refractivity contribution is -0.155. The molecule has 1 aromatic rings. The Morgan fingerprint density at radius 2 is 1.89 bits per heavy atom. The summed E-state index contributed by atoms with van der Waals surface area (Å²) >= 11 is 3.37. The summed E-state index contributed by atoms with van der Waals surface area (Å²) in [6.07, 6.45) is 0.936. The van der Waals surface area contributed by atoms with Crippen LogP contribution < -0.4 is 5.73 Å². The lowest BCUT2D eigenvalue weighted by Gasteiger charge is -2.20. The van der Waals surface area contributed by atoms with E-state index in [9.17, 15) is 4.79 Å². The number of carbonyl (C=O) groups excluding carboxylic acids is 1. The van der Waals surface area contributed by atoms with Gasteiger partial charge in [0.15, 0.2) is 0 Å². The Morgan fingerprint density at radius 3 is 2.39 bits per heavy atom. The van der Waals surface area contributed by atoms with Gasteiger partial charge in [0.05, 0.1) is 0 Å². The zero-order valence-corrected chi connectivity index (χ0v) is 12.7. The van der Waals surface area contributed by atoms with Crippen molar-refractivity contribution in [3.8, 4) is 0 Å². The van der Waals surface area contributed by atoms with Crippen LogP contribution in [0, 0.1) is 0 Å². The summed E-state index contributed by atoms with van der Waals surface area (Å²) in [7, 11) is 0. The molecule has 0 radical (unpaired) electrons. The number of carbonyl (C=O) groups is 1. The molecule has 0 heterocycles. The number of nitrogens with two attached hydrogens (primary N) is 1. The summed E-state index contributed by atoms with van der Waals surface area (Å²) in [4.78, 5) is 11.6. The summed E-state index contributed by atoms with van der Waals surface area (Å²) in [5.41, 5.74) is 6.63. The van der Waals surface area contributed by atoms with Crippen LogP contribution >= 0.6 is 15.9 Å². The van der Waals surface area contributed by atoms with Crippen molar-refractivity contribution in [1.82, 2.24) is 0 Å². The van der Waals surface area contributed by atoms with Crippen LogP contribution in [-0.4, -0.2) is 11.6 Å². The van der Waals surface area contributed by atoms with Crippen LogP contribution in [-0.2, 0) is 9.53 Å². The van der Waals surface area contributed by atoms with E-state index in [-0.39, 0.29) is 12.0 Å². The van der Waals surface area contributed by atoms with Gasteiger partial charge in [0.2, 0.25) is 0 Å². The average molecular weight is 314 g/mol. The van der Waals surface area contributed by atoms with Crippen LogP contribution in [0.25, 0.3) is 0 Å². The summed E-state index contributed by atoms with van der Waals surface area (Å²) in [6.45, 7) is 5.58. The topological polar surface area (TPSA) is 52.3 Å². The molecule has 0 saturated heterocycles. The molecule has 0 aliphatic carbocycles. The monoisotopic (exact) mass is 313 g/mol. The first kappa shape index (κ1) is 15.2. The minimum absolute atomic E-state index is 0.134. The van der Waals surface area contributed by atoms with E-state index in [1.165, 1.54) is 0 Å². The highest BCUT2D eigenvalue weighted by atomic mass is 79.9. The van der Waals surface area contributed by atoms with Gasteiger partial charge in [-0.1, -0.05) is 28.1 Å². The highest BCUT2D eigenvalue weighted by Gasteiger charge is 2.17. The SMILES string of the molecule is CC(C)(C)OC(=O)CCC(N)c1ccc(Br)cc1. The molecule has 0 aromatic heterocycles. The van der Waals surface area contributed by atoms with Crippen molar-refractivity contribution in [1.29, 1.82) is 0 Å². The molecule has 0 bridgehead atoms. The van der Waals surface area contributed by atoms with Crippen molar-refractivity contribution >= 4 is 21.9 Å². The molecule has 0 aliphatic rings. The van der Waals surface area contributed by atoms with E-state index in [0.29, 0.717) is 12.8 Å². The molecular formula is C14H20BrNO2. The van der Waals surface area contributed by atoms with Gasteiger partial charge >= 0.3 is 5.97 Å². The third kappa shape index (κ3) is 5.65. The molecule has 18 heavy (non-hydrogen) atoms. The van der Waals surface area contributed by atoms with Crippen molar-refractivity contribution < 1.29 is 9.53 Å². The lowest BCUT2D eigenvalue weighted by Crippen LogP contribution is -2.24.